The molecule has 1 amide bonds. The molecule has 3 aromatic rings. The summed E-state index contributed by atoms with van der Waals surface area (Å²) in [5.74, 6) is -0.279. The number of amides is 1. The summed E-state index contributed by atoms with van der Waals surface area (Å²) < 4.78 is 10.8. The van der Waals surface area contributed by atoms with Crippen LogP contribution in [0.3, 0.4) is 0 Å². The number of rotatable bonds is 11. The predicted molar refractivity (Wildman–Crippen MR) is 144 cm³/mol. The highest BCUT2D eigenvalue weighted by atomic mass is 32.1. The van der Waals surface area contributed by atoms with Gasteiger partial charge in [0.25, 0.3) is 0 Å². The molecule has 7 nitrogen and oxygen atoms in total. The molecule has 8 heteroatoms. The number of hydrogen-bond acceptors (Lipinski definition) is 7. The molecule has 3 rings (SSSR count). The Morgan fingerprint density at radius 1 is 1.06 bits per heavy atom. The molecule has 0 radical (unpaired) electrons. The van der Waals surface area contributed by atoms with Crippen LogP contribution < -0.4 is 10.6 Å². The normalized spacial score (nSPS) is 11.9. The van der Waals surface area contributed by atoms with E-state index in [-0.39, 0.29) is 19.0 Å². The Morgan fingerprint density at radius 2 is 1.72 bits per heavy atom. The van der Waals surface area contributed by atoms with Crippen molar-refractivity contribution in [3.63, 3.8) is 0 Å². The lowest BCUT2D eigenvalue weighted by atomic mass is 10.1. The van der Waals surface area contributed by atoms with E-state index in [4.69, 9.17) is 9.47 Å². The van der Waals surface area contributed by atoms with Crippen LogP contribution in [0.15, 0.2) is 78.3 Å². The first-order valence-electron chi connectivity index (χ1n) is 11.9. The lowest BCUT2D eigenvalue weighted by molar-refractivity contribution is -0.154. The molecular formula is C28H33N3O4S. The van der Waals surface area contributed by atoms with E-state index in [1.165, 1.54) is 11.3 Å². The number of esters is 1. The highest BCUT2D eigenvalue weighted by molar-refractivity contribution is 7.14. The van der Waals surface area contributed by atoms with Gasteiger partial charge in [-0.15, -0.1) is 11.3 Å². The van der Waals surface area contributed by atoms with E-state index < -0.39 is 17.7 Å². The van der Waals surface area contributed by atoms with E-state index in [1.54, 1.807) is 0 Å². The summed E-state index contributed by atoms with van der Waals surface area (Å²) in [5, 5.41) is 8.71. The van der Waals surface area contributed by atoms with Gasteiger partial charge in [-0.3, -0.25) is 4.79 Å². The Bertz CT molecular complexity index is 1140. The minimum Gasteiger partial charge on any atom is -0.460 e. The van der Waals surface area contributed by atoms with Crippen LogP contribution in [0.25, 0.3) is 11.3 Å². The number of hydrogen-bond donors (Lipinski definition) is 2. The van der Waals surface area contributed by atoms with Crippen molar-refractivity contribution in [2.24, 2.45) is 0 Å². The van der Waals surface area contributed by atoms with Crippen molar-refractivity contribution in [1.82, 2.24) is 10.3 Å². The summed E-state index contributed by atoms with van der Waals surface area (Å²) in [4.78, 5) is 29.3. The first-order chi connectivity index (χ1) is 17.2. The number of carbonyl (C=O) groups excluding carboxylic acids is 2. The molecule has 2 aromatic carbocycles. The molecule has 0 saturated heterocycles. The minimum atomic E-state index is -0.562. The topological polar surface area (TPSA) is 89.5 Å². The third-order valence-corrected chi connectivity index (χ3v) is 5.82. The number of ether oxygens (including phenoxy) is 2. The summed E-state index contributed by atoms with van der Waals surface area (Å²) in [6.45, 7) is 9.79. The third-order valence-electron chi connectivity index (χ3n) is 5.06. The molecule has 2 N–H and O–H groups in total. The van der Waals surface area contributed by atoms with Crippen molar-refractivity contribution >= 4 is 28.5 Å². The number of thiazole rings is 1. The van der Waals surface area contributed by atoms with Gasteiger partial charge in [-0.2, -0.15) is 0 Å². The highest BCUT2D eigenvalue weighted by Crippen LogP contribution is 2.26. The average Bonchev–Trinajstić information content (AvgIpc) is 3.30. The summed E-state index contributed by atoms with van der Waals surface area (Å²) in [5.41, 5.74) is 2.78. The van der Waals surface area contributed by atoms with Crippen LogP contribution in [0.2, 0.25) is 0 Å². The number of anilines is 1. The van der Waals surface area contributed by atoms with E-state index in [0.29, 0.717) is 23.7 Å². The van der Waals surface area contributed by atoms with Gasteiger partial charge in [-0.05, 0) is 39.2 Å². The maximum absolute atomic E-state index is 12.6. The van der Waals surface area contributed by atoms with Crippen LogP contribution in [0.4, 0.5) is 9.93 Å². The van der Waals surface area contributed by atoms with Gasteiger partial charge in [-0.1, -0.05) is 67.2 Å². The predicted octanol–water partition coefficient (Wildman–Crippen LogP) is 6.54. The summed E-state index contributed by atoms with van der Waals surface area (Å²) in [7, 11) is 0. The molecule has 36 heavy (non-hydrogen) atoms. The Morgan fingerprint density at radius 3 is 2.39 bits per heavy atom. The maximum Gasteiger partial charge on any atom is 0.408 e. The van der Waals surface area contributed by atoms with Gasteiger partial charge in [0.2, 0.25) is 0 Å². The maximum atomic E-state index is 12.6. The van der Waals surface area contributed by atoms with Crippen LogP contribution in [-0.4, -0.2) is 28.7 Å². The second-order valence-corrected chi connectivity index (χ2v) is 10.1. The molecule has 0 aliphatic carbocycles. The van der Waals surface area contributed by atoms with Crippen LogP contribution in [0, 0.1) is 0 Å². The van der Waals surface area contributed by atoms with Crippen molar-refractivity contribution in [2.75, 3.05) is 5.32 Å². The standard InChI is InChI=1S/C28H33N3O4S/c1-20(29-26-30-24(19-36-26)22-14-9-6-10-15-22)23(16-11-17-25(32)35-28(2,3)4)31-27(33)34-18-21-12-7-5-8-13-21/h5-10,12-15,19,23H,1,11,16-18H2,2-4H3,(H,29,30)(H,31,33)/t23-/m0/s1. The zero-order valence-corrected chi connectivity index (χ0v) is 21.8. The fourth-order valence-electron chi connectivity index (χ4n) is 3.38. The minimum absolute atomic E-state index is 0.157. The van der Waals surface area contributed by atoms with Crippen molar-refractivity contribution < 1.29 is 19.1 Å². The molecule has 0 aliphatic rings. The Hall–Kier alpha value is -3.65. The van der Waals surface area contributed by atoms with Gasteiger partial charge in [0.05, 0.1) is 11.7 Å². The second kappa shape index (κ2) is 12.9. The van der Waals surface area contributed by atoms with Gasteiger partial charge < -0.3 is 20.1 Å². The quantitative estimate of drug-likeness (QED) is 0.286. The van der Waals surface area contributed by atoms with Crippen LogP contribution in [0.1, 0.15) is 45.6 Å². The van der Waals surface area contributed by atoms with Crippen molar-refractivity contribution in [2.45, 2.75) is 58.3 Å². The zero-order valence-electron chi connectivity index (χ0n) is 21.0. The Kier molecular flexibility index (Phi) is 9.64. The van der Waals surface area contributed by atoms with Crippen molar-refractivity contribution in [3.8, 4) is 11.3 Å². The van der Waals surface area contributed by atoms with Gasteiger partial charge in [0.1, 0.15) is 12.2 Å². The van der Waals surface area contributed by atoms with E-state index in [9.17, 15) is 9.59 Å². The van der Waals surface area contributed by atoms with Gasteiger partial charge in [0.15, 0.2) is 5.13 Å². The number of nitrogens with one attached hydrogen (secondary N) is 2. The van der Waals surface area contributed by atoms with E-state index in [1.807, 2.05) is 86.8 Å². The fourth-order valence-corrected chi connectivity index (χ4v) is 4.13. The van der Waals surface area contributed by atoms with Crippen LogP contribution in [-0.2, 0) is 20.9 Å². The molecule has 0 spiro atoms. The molecular weight excluding hydrogens is 474 g/mol. The van der Waals surface area contributed by atoms with E-state index >= 15 is 0 Å². The first kappa shape index (κ1) is 26.9. The number of carbonyl (C=O) groups is 2. The zero-order chi connectivity index (χ0) is 26.0. The average molecular weight is 508 g/mol. The van der Waals surface area contributed by atoms with Gasteiger partial charge >= 0.3 is 12.1 Å². The third kappa shape index (κ3) is 9.19. The molecule has 0 saturated carbocycles. The largest absolute Gasteiger partial charge is 0.460 e. The number of benzene rings is 2. The molecule has 0 aliphatic heterocycles. The van der Waals surface area contributed by atoms with E-state index in [2.05, 4.69) is 22.2 Å². The van der Waals surface area contributed by atoms with Crippen molar-refractivity contribution in [1.29, 1.82) is 0 Å². The monoisotopic (exact) mass is 507 g/mol. The Labute approximate surface area is 216 Å². The number of alkyl carbamates (subject to hydrolysis) is 1. The molecule has 0 bridgehead atoms. The van der Waals surface area contributed by atoms with Crippen LogP contribution in [0.5, 0.6) is 0 Å². The lowest BCUT2D eigenvalue weighted by Crippen LogP contribution is -2.38. The Balaban J connectivity index is 1.61. The smallest absolute Gasteiger partial charge is 0.408 e. The molecule has 1 heterocycles. The van der Waals surface area contributed by atoms with Crippen molar-refractivity contribution in [3.05, 3.63) is 83.9 Å². The summed E-state index contributed by atoms with van der Waals surface area (Å²) in [6, 6.07) is 18.9. The summed E-state index contributed by atoms with van der Waals surface area (Å²) in [6.07, 6.45) is 0.652. The molecule has 0 unspecified atom stereocenters. The molecule has 1 atom stereocenters. The van der Waals surface area contributed by atoms with E-state index in [0.717, 1.165) is 16.8 Å². The van der Waals surface area contributed by atoms with Gasteiger partial charge in [-0.25, -0.2) is 9.78 Å². The SMILES string of the molecule is C=C(Nc1nc(-c2ccccc2)cs1)[C@H](CCCC(=O)OC(C)(C)C)NC(=O)OCc1ccccc1. The first-order valence-corrected chi connectivity index (χ1v) is 12.7. The highest BCUT2D eigenvalue weighted by Gasteiger charge is 2.20. The molecule has 1 aromatic heterocycles. The number of nitrogens with zero attached hydrogens (tertiary/aromatic N) is 1. The molecule has 0 fully saturated rings. The molecule has 190 valence electrons. The van der Waals surface area contributed by atoms with Gasteiger partial charge in [0, 0.05) is 23.1 Å². The number of aromatic nitrogens is 1. The lowest BCUT2D eigenvalue weighted by Gasteiger charge is -2.22. The summed E-state index contributed by atoms with van der Waals surface area (Å²) >= 11 is 1.45. The fraction of sp³-hybridized carbons (Fsp3) is 0.321. The second-order valence-electron chi connectivity index (χ2n) is 9.29. The van der Waals surface area contributed by atoms with Crippen LogP contribution >= 0.6 is 11.3 Å².